The van der Waals surface area contributed by atoms with Gasteiger partial charge in [0.1, 0.15) is 0 Å². The fourth-order valence-corrected chi connectivity index (χ4v) is 3.52. The van der Waals surface area contributed by atoms with Crippen molar-refractivity contribution in [3.8, 4) is 0 Å². The van der Waals surface area contributed by atoms with Crippen LogP contribution in [-0.2, 0) is 6.54 Å². The predicted molar refractivity (Wildman–Crippen MR) is 79.3 cm³/mol. The van der Waals surface area contributed by atoms with Crippen LogP contribution in [-0.4, -0.2) is 30.5 Å². The second-order valence-corrected chi connectivity index (χ2v) is 6.77. The number of rotatable bonds is 6. The molecule has 0 aliphatic carbocycles. The van der Waals surface area contributed by atoms with Gasteiger partial charge in [-0.1, -0.05) is 6.07 Å². The first-order valence-electron chi connectivity index (χ1n) is 5.98. The first-order valence-corrected chi connectivity index (χ1v) is 7.68. The van der Waals surface area contributed by atoms with E-state index in [0.717, 1.165) is 18.1 Å². The molecule has 0 radical (unpaired) electrons. The van der Waals surface area contributed by atoms with Gasteiger partial charge < -0.3 is 10.2 Å². The molecule has 0 saturated heterocycles. The van der Waals surface area contributed by atoms with Crippen molar-refractivity contribution in [1.29, 1.82) is 0 Å². The summed E-state index contributed by atoms with van der Waals surface area (Å²) in [4.78, 5) is 9.24. The van der Waals surface area contributed by atoms with E-state index in [1.165, 1.54) is 9.75 Å². The molecule has 5 heteroatoms. The van der Waals surface area contributed by atoms with Crippen LogP contribution in [0.25, 0.3) is 0 Å². The average molecular weight is 281 g/mol. The van der Waals surface area contributed by atoms with Crippen LogP contribution in [0.1, 0.15) is 20.8 Å². The molecule has 1 atom stereocenters. The highest BCUT2D eigenvalue weighted by molar-refractivity contribution is 7.11. The van der Waals surface area contributed by atoms with Gasteiger partial charge in [-0.3, -0.25) is 0 Å². The van der Waals surface area contributed by atoms with Crippen LogP contribution < -0.4 is 5.32 Å². The Balaban J connectivity index is 1.87. The quantitative estimate of drug-likeness (QED) is 0.882. The third-order valence-corrected chi connectivity index (χ3v) is 4.69. The molecule has 0 bridgehead atoms. The SMILES string of the molecule is Cc1ncc(CNCC(c2cccs2)N(C)C)s1. The normalized spacial score (nSPS) is 13.1. The smallest absolute Gasteiger partial charge is 0.0897 e. The minimum atomic E-state index is 0.444. The second kappa shape index (κ2) is 6.43. The van der Waals surface area contributed by atoms with Crippen LogP contribution in [0.3, 0.4) is 0 Å². The summed E-state index contributed by atoms with van der Waals surface area (Å²) in [7, 11) is 4.26. The van der Waals surface area contributed by atoms with E-state index >= 15 is 0 Å². The van der Waals surface area contributed by atoms with Crippen LogP contribution in [0.5, 0.6) is 0 Å². The number of hydrogen-bond donors (Lipinski definition) is 1. The minimum absolute atomic E-state index is 0.444. The summed E-state index contributed by atoms with van der Waals surface area (Å²) in [6.07, 6.45) is 1.96. The molecule has 2 aromatic rings. The molecule has 2 heterocycles. The van der Waals surface area contributed by atoms with E-state index in [1.54, 1.807) is 11.3 Å². The maximum atomic E-state index is 4.27. The van der Waals surface area contributed by atoms with E-state index in [0.29, 0.717) is 6.04 Å². The Morgan fingerprint density at radius 1 is 1.44 bits per heavy atom. The molecule has 2 rings (SSSR count). The largest absolute Gasteiger partial charge is 0.310 e. The number of nitrogens with one attached hydrogen (secondary N) is 1. The molecular weight excluding hydrogens is 262 g/mol. The van der Waals surface area contributed by atoms with Crippen molar-refractivity contribution in [2.45, 2.75) is 19.5 Å². The summed E-state index contributed by atoms with van der Waals surface area (Å²) in [5, 5.41) is 6.79. The van der Waals surface area contributed by atoms with Crippen LogP contribution in [0.4, 0.5) is 0 Å². The molecule has 0 aliphatic heterocycles. The van der Waals surface area contributed by atoms with Gasteiger partial charge in [0, 0.05) is 29.0 Å². The van der Waals surface area contributed by atoms with Gasteiger partial charge >= 0.3 is 0 Å². The van der Waals surface area contributed by atoms with Crippen molar-refractivity contribution in [2.75, 3.05) is 20.6 Å². The lowest BCUT2D eigenvalue weighted by molar-refractivity contribution is 0.292. The van der Waals surface area contributed by atoms with Crippen molar-refractivity contribution >= 4 is 22.7 Å². The number of thiazole rings is 1. The molecule has 0 fully saturated rings. The zero-order chi connectivity index (χ0) is 13.0. The molecule has 3 nitrogen and oxygen atoms in total. The Labute approximate surface area is 116 Å². The first kappa shape index (κ1) is 13.7. The number of thiophene rings is 1. The molecule has 2 aromatic heterocycles. The van der Waals surface area contributed by atoms with E-state index in [2.05, 4.69) is 46.8 Å². The highest BCUT2D eigenvalue weighted by Crippen LogP contribution is 2.22. The number of aryl methyl sites for hydroxylation is 1. The standard InChI is InChI=1S/C13H19N3S2/c1-10-15-8-11(18-10)7-14-9-12(16(2)3)13-5-4-6-17-13/h4-6,8,12,14H,7,9H2,1-3H3. The van der Waals surface area contributed by atoms with Gasteiger partial charge in [0.15, 0.2) is 0 Å². The highest BCUT2D eigenvalue weighted by Gasteiger charge is 2.14. The molecule has 1 N–H and O–H groups in total. The summed E-state index contributed by atoms with van der Waals surface area (Å²) in [5.41, 5.74) is 0. The summed E-state index contributed by atoms with van der Waals surface area (Å²) < 4.78 is 0. The van der Waals surface area contributed by atoms with Gasteiger partial charge in [0.25, 0.3) is 0 Å². The van der Waals surface area contributed by atoms with E-state index in [-0.39, 0.29) is 0 Å². The minimum Gasteiger partial charge on any atom is -0.310 e. The van der Waals surface area contributed by atoms with Gasteiger partial charge in [-0.2, -0.15) is 0 Å². The maximum Gasteiger partial charge on any atom is 0.0897 e. The van der Waals surface area contributed by atoms with Crippen molar-refractivity contribution in [3.05, 3.63) is 38.5 Å². The van der Waals surface area contributed by atoms with Crippen molar-refractivity contribution < 1.29 is 0 Å². The third kappa shape index (κ3) is 3.62. The topological polar surface area (TPSA) is 28.2 Å². The van der Waals surface area contributed by atoms with E-state index in [1.807, 2.05) is 24.5 Å². The lowest BCUT2D eigenvalue weighted by atomic mass is 10.2. The highest BCUT2D eigenvalue weighted by atomic mass is 32.1. The number of aromatic nitrogens is 1. The summed E-state index contributed by atoms with van der Waals surface area (Å²) in [6, 6.07) is 4.76. The lowest BCUT2D eigenvalue weighted by Gasteiger charge is -2.23. The first-order chi connectivity index (χ1) is 8.66. The van der Waals surface area contributed by atoms with Crippen molar-refractivity contribution in [2.24, 2.45) is 0 Å². The molecule has 0 aromatic carbocycles. The zero-order valence-electron chi connectivity index (χ0n) is 11.0. The number of likely N-dealkylation sites (N-methyl/N-ethyl adjacent to an activating group) is 1. The second-order valence-electron chi connectivity index (χ2n) is 4.47. The molecule has 18 heavy (non-hydrogen) atoms. The van der Waals surface area contributed by atoms with Gasteiger partial charge in [-0.15, -0.1) is 22.7 Å². The van der Waals surface area contributed by atoms with Crippen molar-refractivity contribution in [1.82, 2.24) is 15.2 Å². The van der Waals surface area contributed by atoms with E-state index in [4.69, 9.17) is 0 Å². The van der Waals surface area contributed by atoms with Crippen molar-refractivity contribution in [3.63, 3.8) is 0 Å². The van der Waals surface area contributed by atoms with Gasteiger partial charge in [-0.05, 0) is 32.5 Å². The lowest BCUT2D eigenvalue weighted by Crippen LogP contribution is -2.30. The van der Waals surface area contributed by atoms with Gasteiger partial charge in [0.2, 0.25) is 0 Å². The summed E-state index contributed by atoms with van der Waals surface area (Å²) in [5.74, 6) is 0. The van der Waals surface area contributed by atoms with Gasteiger partial charge in [-0.25, -0.2) is 4.98 Å². The molecular formula is C13H19N3S2. The molecule has 0 saturated carbocycles. The number of hydrogen-bond acceptors (Lipinski definition) is 5. The molecule has 0 aliphatic rings. The Hall–Kier alpha value is -0.750. The maximum absolute atomic E-state index is 4.27. The van der Waals surface area contributed by atoms with Crippen LogP contribution >= 0.6 is 22.7 Å². The third-order valence-electron chi connectivity index (χ3n) is 2.80. The summed E-state index contributed by atoms with van der Waals surface area (Å²) in [6.45, 7) is 3.91. The predicted octanol–water partition coefficient (Wildman–Crippen LogP) is 2.91. The molecule has 98 valence electrons. The Morgan fingerprint density at radius 2 is 2.28 bits per heavy atom. The Kier molecular flexibility index (Phi) is 4.88. The Morgan fingerprint density at radius 3 is 2.83 bits per heavy atom. The molecule has 1 unspecified atom stereocenters. The molecule has 0 spiro atoms. The van der Waals surface area contributed by atoms with Crippen LogP contribution in [0.2, 0.25) is 0 Å². The fourth-order valence-electron chi connectivity index (χ4n) is 1.84. The zero-order valence-corrected chi connectivity index (χ0v) is 12.6. The van der Waals surface area contributed by atoms with E-state index in [9.17, 15) is 0 Å². The molecule has 0 amide bonds. The van der Waals surface area contributed by atoms with Gasteiger partial charge in [0.05, 0.1) is 11.0 Å². The van der Waals surface area contributed by atoms with Crippen LogP contribution in [0, 0.1) is 6.92 Å². The number of nitrogens with zero attached hydrogens (tertiary/aromatic N) is 2. The van der Waals surface area contributed by atoms with E-state index < -0.39 is 0 Å². The summed E-state index contributed by atoms with van der Waals surface area (Å²) >= 11 is 3.58. The van der Waals surface area contributed by atoms with Crippen LogP contribution in [0.15, 0.2) is 23.7 Å². The fraction of sp³-hybridized carbons (Fsp3) is 0.462. The average Bonchev–Trinajstić information content (AvgIpc) is 2.95. The monoisotopic (exact) mass is 281 g/mol. The Bertz CT molecular complexity index is 462.